The van der Waals surface area contributed by atoms with Crippen molar-refractivity contribution in [2.75, 3.05) is 4.90 Å². The molecule has 0 atom stereocenters. The first-order valence-corrected chi connectivity index (χ1v) is 18.9. The highest BCUT2D eigenvalue weighted by atomic mass is 32.2. The molecule has 0 bridgehead atoms. The Hall–Kier alpha value is -6.42. The van der Waals surface area contributed by atoms with E-state index in [9.17, 15) is 4.79 Å². The number of nitrogens with zero attached hydrogens (tertiary/aromatic N) is 1. The van der Waals surface area contributed by atoms with Crippen molar-refractivity contribution in [3.05, 3.63) is 221 Å². The standard InChI is InChI=1S/C50H31NOS/c52-49-38-20-10-12-22-40(38)50(41-23-13-11-21-39(41)49)42-28-35(32-14-4-1-5-15-32)24-26-44(42)51-45-27-25-36(33-16-6-2-7-17-33)30-46(45)53-47-31-37(29-43(50)48(47)51)34-18-8-3-9-19-34/h1-31H. The van der Waals surface area contributed by atoms with E-state index in [-0.39, 0.29) is 5.78 Å². The van der Waals surface area contributed by atoms with E-state index in [0.29, 0.717) is 0 Å². The number of carbonyl (C=O) groups excluding carboxylic acids is 1. The predicted octanol–water partition coefficient (Wildman–Crippen LogP) is 12.9. The zero-order valence-electron chi connectivity index (χ0n) is 28.7. The van der Waals surface area contributed by atoms with Crippen LogP contribution in [0.3, 0.4) is 0 Å². The fourth-order valence-corrected chi connectivity index (χ4v) is 10.1. The Kier molecular flexibility index (Phi) is 6.58. The summed E-state index contributed by atoms with van der Waals surface area (Å²) in [5, 5.41) is 0. The van der Waals surface area contributed by atoms with Crippen molar-refractivity contribution in [3.8, 4) is 33.4 Å². The van der Waals surface area contributed by atoms with Crippen LogP contribution in [0.5, 0.6) is 0 Å². The molecule has 0 radical (unpaired) electrons. The number of anilines is 3. The Morgan fingerprint density at radius 1 is 0.377 bits per heavy atom. The van der Waals surface area contributed by atoms with Gasteiger partial charge in [-0.1, -0.05) is 163 Å². The molecule has 0 fully saturated rings. The number of hydrogen-bond acceptors (Lipinski definition) is 3. The molecule has 8 aromatic rings. The number of carbonyl (C=O) groups is 1. The van der Waals surface area contributed by atoms with Crippen LogP contribution in [0.1, 0.15) is 38.2 Å². The lowest BCUT2D eigenvalue weighted by atomic mass is 9.57. The Labute approximate surface area is 313 Å². The maximum absolute atomic E-state index is 14.4. The van der Waals surface area contributed by atoms with Crippen LogP contribution in [0.2, 0.25) is 0 Å². The minimum absolute atomic E-state index is 0.0752. The van der Waals surface area contributed by atoms with Crippen LogP contribution in [-0.4, -0.2) is 5.78 Å². The van der Waals surface area contributed by atoms with Gasteiger partial charge in [-0.3, -0.25) is 4.79 Å². The van der Waals surface area contributed by atoms with Crippen LogP contribution in [0.4, 0.5) is 17.1 Å². The quantitative estimate of drug-likeness (QED) is 0.184. The maximum atomic E-state index is 14.4. The van der Waals surface area contributed by atoms with Crippen LogP contribution >= 0.6 is 11.8 Å². The van der Waals surface area contributed by atoms with E-state index >= 15 is 0 Å². The molecule has 0 saturated carbocycles. The smallest absolute Gasteiger partial charge is 0.193 e. The van der Waals surface area contributed by atoms with Crippen molar-refractivity contribution >= 4 is 34.6 Å². The number of rotatable bonds is 3. The van der Waals surface area contributed by atoms with Gasteiger partial charge in [0.15, 0.2) is 5.78 Å². The number of ketones is 1. The first-order valence-electron chi connectivity index (χ1n) is 18.1. The van der Waals surface area contributed by atoms with Crippen molar-refractivity contribution in [1.82, 2.24) is 0 Å². The summed E-state index contributed by atoms with van der Waals surface area (Å²) in [6, 6.07) is 67.2. The summed E-state index contributed by atoms with van der Waals surface area (Å²) in [6.45, 7) is 0. The van der Waals surface area contributed by atoms with Gasteiger partial charge < -0.3 is 4.90 Å². The Morgan fingerprint density at radius 2 is 0.849 bits per heavy atom. The van der Waals surface area contributed by atoms with E-state index in [1.165, 1.54) is 37.7 Å². The van der Waals surface area contributed by atoms with Gasteiger partial charge in [-0.15, -0.1) is 0 Å². The molecule has 0 amide bonds. The second-order valence-electron chi connectivity index (χ2n) is 14.0. The third-order valence-corrected chi connectivity index (χ3v) is 12.3. The zero-order valence-corrected chi connectivity index (χ0v) is 29.5. The number of hydrogen-bond donors (Lipinski definition) is 0. The lowest BCUT2D eigenvalue weighted by Gasteiger charge is -2.51. The fraction of sp³-hybridized carbons (Fsp3) is 0.0200. The highest BCUT2D eigenvalue weighted by molar-refractivity contribution is 7.99. The molecule has 2 heterocycles. The third kappa shape index (κ3) is 4.32. The van der Waals surface area contributed by atoms with E-state index in [1.54, 1.807) is 0 Å². The minimum atomic E-state index is -0.769. The Morgan fingerprint density at radius 3 is 1.45 bits per heavy atom. The Bertz CT molecular complexity index is 2720. The van der Waals surface area contributed by atoms with Crippen molar-refractivity contribution in [1.29, 1.82) is 0 Å². The summed E-state index contributed by atoms with van der Waals surface area (Å²) in [7, 11) is 0. The van der Waals surface area contributed by atoms with Crippen molar-refractivity contribution in [2.45, 2.75) is 15.2 Å². The van der Waals surface area contributed by atoms with Gasteiger partial charge in [0.25, 0.3) is 0 Å². The molecule has 2 aliphatic heterocycles. The summed E-state index contributed by atoms with van der Waals surface area (Å²) in [5.41, 5.74) is 15.6. The molecule has 0 saturated heterocycles. The van der Waals surface area contributed by atoms with Crippen LogP contribution < -0.4 is 4.90 Å². The highest BCUT2D eigenvalue weighted by Crippen LogP contribution is 2.66. The maximum Gasteiger partial charge on any atom is 0.193 e. The molecule has 248 valence electrons. The average molecular weight is 694 g/mol. The molecular weight excluding hydrogens is 663 g/mol. The molecule has 0 aromatic heterocycles. The van der Waals surface area contributed by atoms with Gasteiger partial charge >= 0.3 is 0 Å². The van der Waals surface area contributed by atoms with Gasteiger partial charge in [-0.25, -0.2) is 0 Å². The van der Waals surface area contributed by atoms with Gasteiger partial charge in [0.2, 0.25) is 0 Å². The average Bonchev–Trinajstić information content (AvgIpc) is 3.23. The SMILES string of the molecule is O=C1c2ccccc2C2(c3ccccc31)c1cc(-c3ccccc3)ccc1N1c3ccc(-c4ccccc4)cc3Sc3cc(-c4ccccc4)cc2c31. The van der Waals surface area contributed by atoms with Gasteiger partial charge in [-0.05, 0) is 92.0 Å². The van der Waals surface area contributed by atoms with Gasteiger partial charge in [0, 0.05) is 20.9 Å². The molecule has 0 unspecified atom stereocenters. The summed E-state index contributed by atoms with van der Waals surface area (Å²) in [6.07, 6.45) is 0. The lowest BCUT2D eigenvalue weighted by Crippen LogP contribution is -2.43. The molecule has 1 aliphatic carbocycles. The number of fused-ring (bicyclic) bond motifs is 10. The van der Waals surface area contributed by atoms with E-state index in [1.807, 2.05) is 36.0 Å². The molecule has 3 heteroatoms. The Balaban J connectivity index is 1.30. The van der Waals surface area contributed by atoms with Crippen LogP contribution in [0, 0.1) is 0 Å². The zero-order chi connectivity index (χ0) is 35.1. The molecule has 1 spiro atoms. The normalized spacial score (nSPS) is 14.1. The van der Waals surface area contributed by atoms with Crippen molar-refractivity contribution < 1.29 is 4.79 Å². The third-order valence-electron chi connectivity index (χ3n) is 11.2. The van der Waals surface area contributed by atoms with E-state index in [2.05, 4.69) is 169 Å². The molecule has 3 aliphatic rings. The van der Waals surface area contributed by atoms with E-state index in [0.717, 1.165) is 55.9 Å². The van der Waals surface area contributed by atoms with Crippen LogP contribution in [0.25, 0.3) is 33.4 Å². The molecule has 8 aromatic carbocycles. The fourth-order valence-electron chi connectivity index (χ4n) is 8.95. The minimum Gasteiger partial charge on any atom is -0.308 e. The second-order valence-corrected chi connectivity index (χ2v) is 15.1. The predicted molar refractivity (Wildman–Crippen MR) is 217 cm³/mol. The summed E-state index contributed by atoms with van der Waals surface area (Å²) in [4.78, 5) is 19.3. The monoisotopic (exact) mass is 693 g/mol. The van der Waals surface area contributed by atoms with Crippen molar-refractivity contribution in [2.24, 2.45) is 0 Å². The highest BCUT2D eigenvalue weighted by Gasteiger charge is 2.53. The van der Waals surface area contributed by atoms with E-state index < -0.39 is 5.41 Å². The molecule has 0 N–H and O–H groups in total. The first-order chi connectivity index (χ1) is 26.2. The van der Waals surface area contributed by atoms with E-state index in [4.69, 9.17) is 0 Å². The van der Waals surface area contributed by atoms with Crippen molar-refractivity contribution in [3.63, 3.8) is 0 Å². The molecule has 11 rings (SSSR count). The number of benzene rings is 8. The van der Waals surface area contributed by atoms with Crippen LogP contribution in [0.15, 0.2) is 198 Å². The topological polar surface area (TPSA) is 20.3 Å². The van der Waals surface area contributed by atoms with Gasteiger partial charge in [0.1, 0.15) is 0 Å². The van der Waals surface area contributed by atoms with Gasteiger partial charge in [-0.2, -0.15) is 0 Å². The second kappa shape index (κ2) is 11.5. The molecule has 53 heavy (non-hydrogen) atoms. The largest absolute Gasteiger partial charge is 0.308 e. The molecular formula is C50H31NOS. The summed E-state index contributed by atoms with van der Waals surface area (Å²) >= 11 is 1.84. The summed E-state index contributed by atoms with van der Waals surface area (Å²) in [5.74, 6) is 0.0752. The van der Waals surface area contributed by atoms with Gasteiger partial charge in [0.05, 0.1) is 22.5 Å². The lowest BCUT2D eigenvalue weighted by molar-refractivity contribution is 0.103. The summed E-state index contributed by atoms with van der Waals surface area (Å²) < 4.78 is 0. The molecule has 2 nitrogen and oxygen atoms in total. The first kappa shape index (κ1) is 30.2. The van der Waals surface area contributed by atoms with Crippen LogP contribution in [-0.2, 0) is 5.41 Å².